The number of hydrogen-bond donors (Lipinski definition) is 3. The summed E-state index contributed by atoms with van der Waals surface area (Å²) in [6.45, 7) is 6.37. The van der Waals surface area contributed by atoms with E-state index in [2.05, 4.69) is 29.8 Å². The van der Waals surface area contributed by atoms with Gasteiger partial charge in [0.1, 0.15) is 6.04 Å². The largest absolute Gasteiger partial charge is 0.354 e. The van der Waals surface area contributed by atoms with E-state index in [1.54, 1.807) is 24.3 Å². The summed E-state index contributed by atoms with van der Waals surface area (Å²) in [5.74, 6) is -0.0160. The van der Waals surface area contributed by atoms with Crippen molar-refractivity contribution < 1.29 is 14.4 Å². The summed E-state index contributed by atoms with van der Waals surface area (Å²) in [6, 6.07) is 6.28. The molecule has 0 saturated carbocycles. The third kappa shape index (κ3) is 5.86. The zero-order valence-electron chi connectivity index (χ0n) is 15.8. The van der Waals surface area contributed by atoms with Crippen LogP contribution in [0.25, 0.3) is 0 Å². The number of carbonyl (C=O) groups excluding carboxylic acids is 3. The molecular weight excluding hydrogens is 330 g/mol. The maximum atomic E-state index is 12.3. The van der Waals surface area contributed by atoms with Crippen molar-refractivity contribution in [2.75, 3.05) is 5.32 Å². The maximum Gasteiger partial charge on any atom is 0.254 e. The second-order valence-electron chi connectivity index (χ2n) is 7.39. The second kappa shape index (κ2) is 9.36. The van der Waals surface area contributed by atoms with Crippen LogP contribution in [-0.2, 0) is 9.59 Å². The van der Waals surface area contributed by atoms with Gasteiger partial charge in [-0.1, -0.05) is 38.8 Å². The Morgan fingerprint density at radius 3 is 2.62 bits per heavy atom. The first-order chi connectivity index (χ1) is 12.4. The molecule has 0 aromatic heterocycles. The molecule has 0 aliphatic carbocycles. The standard InChI is InChI=1S/C20H29N3O3/c1-13(2)7-6-8-14(3)21-18(24)12-11-17-20(26)22-16-10-5-4-9-15(16)19(25)23-17/h4-5,9-10,13-14,17H,6-8,11-12H2,1-3H3,(H,21,24)(H,22,26)(H,23,25). The van der Waals surface area contributed by atoms with Crippen molar-refractivity contribution in [2.45, 2.75) is 65.0 Å². The highest BCUT2D eigenvalue weighted by Gasteiger charge is 2.27. The summed E-state index contributed by atoms with van der Waals surface area (Å²) in [7, 11) is 0. The van der Waals surface area contributed by atoms with Crippen LogP contribution in [0.15, 0.2) is 24.3 Å². The Bertz CT molecular complexity index is 657. The van der Waals surface area contributed by atoms with E-state index in [-0.39, 0.29) is 36.6 Å². The maximum absolute atomic E-state index is 12.3. The summed E-state index contributed by atoms with van der Waals surface area (Å²) >= 11 is 0. The molecule has 3 N–H and O–H groups in total. The first-order valence-corrected chi connectivity index (χ1v) is 9.37. The summed E-state index contributed by atoms with van der Waals surface area (Å²) in [6.07, 6.45) is 3.65. The van der Waals surface area contributed by atoms with Gasteiger partial charge in [-0.25, -0.2) is 0 Å². The molecular formula is C20H29N3O3. The zero-order valence-corrected chi connectivity index (χ0v) is 15.8. The SMILES string of the molecule is CC(C)CCCC(C)NC(=O)CCC1NC(=O)c2ccccc2NC1=O. The highest BCUT2D eigenvalue weighted by atomic mass is 16.2. The monoisotopic (exact) mass is 359 g/mol. The Labute approximate surface area is 155 Å². The van der Waals surface area contributed by atoms with Gasteiger partial charge < -0.3 is 16.0 Å². The normalized spacial score (nSPS) is 17.8. The number of amides is 3. The smallest absolute Gasteiger partial charge is 0.254 e. The van der Waals surface area contributed by atoms with Crippen molar-refractivity contribution in [1.29, 1.82) is 0 Å². The minimum atomic E-state index is -0.711. The molecule has 2 unspecified atom stereocenters. The van der Waals surface area contributed by atoms with Crippen LogP contribution in [-0.4, -0.2) is 29.8 Å². The lowest BCUT2D eigenvalue weighted by molar-refractivity contribution is -0.122. The lowest BCUT2D eigenvalue weighted by atomic mass is 10.0. The summed E-state index contributed by atoms with van der Waals surface area (Å²) < 4.78 is 0. The van der Waals surface area contributed by atoms with Crippen molar-refractivity contribution >= 4 is 23.4 Å². The molecule has 0 radical (unpaired) electrons. The van der Waals surface area contributed by atoms with Crippen LogP contribution >= 0.6 is 0 Å². The molecule has 1 aliphatic rings. The van der Waals surface area contributed by atoms with E-state index in [0.29, 0.717) is 17.2 Å². The number of benzene rings is 1. The number of nitrogens with one attached hydrogen (secondary N) is 3. The fourth-order valence-electron chi connectivity index (χ4n) is 3.04. The molecule has 0 bridgehead atoms. The molecule has 1 aromatic carbocycles. The van der Waals surface area contributed by atoms with Crippen molar-refractivity contribution in [3.63, 3.8) is 0 Å². The van der Waals surface area contributed by atoms with Crippen molar-refractivity contribution in [3.05, 3.63) is 29.8 Å². The molecule has 1 heterocycles. The predicted octanol–water partition coefficient (Wildman–Crippen LogP) is 2.85. The van der Waals surface area contributed by atoms with Crippen LogP contribution < -0.4 is 16.0 Å². The van der Waals surface area contributed by atoms with Crippen LogP contribution in [0, 0.1) is 5.92 Å². The van der Waals surface area contributed by atoms with Gasteiger partial charge in [0.15, 0.2) is 0 Å². The number of para-hydroxylation sites is 1. The fraction of sp³-hybridized carbons (Fsp3) is 0.550. The molecule has 6 nitrogen and oxygen atoms in total. The number of anilines is 1. The van der Waals surface area contributed by atoms with Crippen LogP contribution in [0.4, 0.5) is 5.69 Å². The number of hydrogen-bond acceptors (Lipinski definition) is 3. The van der Waals surface area contributed by atoms with Gasteiger partial charge in [0, 0.05) is 12.5 Å². The first-order valence-electron chi connectivity index (χ1n) is 9.37. The van der Waals surface area contributed by atoms with Crippen LogP contribution in [0.1, 0.15) is 63.2 Å². The molecule has 142 valence electrons. The molecule has 1 aliphatic heterocycles. The van der Waals surface area contributed by atoms with Gasteiger partial charge in [-0.2, -0.15) is 0 Å². The molecule has 0 spiro atoms. The van der Waals surface area contributed by atoms with Crippen molar-refractivity contribution in [3.8, 4) is 0 Å². The van der Waals surface area contributed by atoms with E-state index in [4.69, 9.17) is 0 Å². The lowest BCUT2D eigenvalue weighted by Crippen LogP contribution is -2.42. The average Bonchev–Trinajstić information content (AvgIpc) is 2.69. The molecule has 0 fully saturated rings. The zero-order chi connectivity index (χ0) is 19.1. The molecule has 3 amide bonds. The first kappa shape index (κ1) is 19.9. The van der Waals surface area contributed by atoms with Gasteiger partial charge in [-0.05, 0) is 37.8 Å². The number of rotatable bonds is 8. The van der Waals surface area contributed by atoms with E-state index >= 15 is 0 Å². The van der Waals surface area contributed by atoms with Gasteiger partial charge in [-0.3, -0.25) is 14.4 Å². The molecule has 2 atom stereocenters. The molecule has 26 heavy (non-hydrogen) atoms. The van der Waals surface area contributed by atoms with Gasteiger partial charge in [0.2, 0.25) is 11.8 Å². The van der Waals surface area contributed by atoms with Crippen LogP contribution in [0.2, 0.25) is 0 Å². The van der Waals surface area contributed by atoms with Crippen molar-refractivity contribution in [2.24, 2.45) is 5.92 Å². The highest BCUT2D eigenvalue weighted by molar-refractivity contribution is 6.09. The molecule has 2 rings (SSSR count). The van der Waals surface area contributed by atoms with Crippen LogP contribution in [0.5, 0.6) is 0 Å². The third-order valence-electron chi connectivity index (χ3n) is 4.54. The van der Waals surface area contributed by atoms with E-state index in [9.17, 15) is 14.4 Å². The summed E-state index contributed by atoms with van der Waals surface area (Å²) in [5, 5.41) is 8.43. The Hall–Kier alpha value is -2.37. The van der Waals surface area contributed by atoms with Gasteiger partial charge in [-0.15, -0.1) is 0 Å². The number of carbonyl (C=O) groups is 3. The summed E-state index contributed by atoms with van der Waals surface area (Å²) in [4.78, 5) is 36.7. The predicted molar refractivity (Wildman–Crippen MR) is 102 cm³/mol. The minimum absolute atomic E-state index is 0.0918. The quantitative estimate of drug-likeness (QED) is 0.667. The Balaban J connectivity index is 1.81. The molecule has 1 aromatic rings. The topological polar surface area (TPSA) is 87.3 Å². The van der Waals surface area contributed by atoms with E-state index < -0.39 is 6.04 Å². The Morgan fingerprint density at radius 1 is 1.15 bits per heavy atom. The lowest BCUT2D eigenvalue weighted by Gasteiger charge is -2.17. The second-order valence-corrected chi connectivity index (χ2v) is 7.39. The minimum Gasteiger partial charge on any atom is -0.354 e. The van der Waals surface area contributed by atoms with E-state index in [1.165, 1.54) is 0 Å². The molecule has 6 heteroatoms. The number of fused-ring (bicyclic) bond motifs is 1. The highest BCUT2D eigenvalue weighted by Crippen LogP contribution is 2.19. The van der Waals surface area contributed by atoms with Crippen LogP contribution in [0.3, 0.4) is 0 Å². The van der Waals surface area contributed by atoms with Gasteiger partial charge in [0.05, 0.1) is 11.3 Å². The third-order valence-corrected chi connectivity index (χ3v) is 4.54. The average molecular weight is 359 g/mol. The Morgan fingerprint density at radius 2 is 1.88 bits per heavy atom. The van der Waals surface area contributed by atoms with Gasteiger partial charge in [0.25, 0.3) is 5.91 Å². The molecule has 0 saturated heterocycles. The fourth-order valence-corrected chi connectivity index (χ4v) is 3.04. The van der Waals surface area contributed by atoms with E-state index in [1.807, 2.05) is 6.92 Å². The van der Waals surface area contributed by atoms with Gasteiger partial charge >= 0.3 is 0 Å². The summed E-state index contributed by atoms with van der Waals surface area (Å²) in [5.41, 5.74) is 0.937. The van der Waals surface area contributed by atoms with E-state index in [0.717, 1.165) is 19.3 Å². The van der Waals surface area contributed by atoms with Crippen molar-refractivity contribution in [1.82, 2.24) is 10.6 Å². The Kier molecular flexibility index (Phi) is 7.18.